The summed E-state index contributed by atoms with van der Waals surface area (Å²) in [5.41, 5.74) is 5.94. The summed E-state index contributed by atoms with van der Waals surface area (Å²) >= 11 is 0. The Labute approximate surface area is 172 Å². The lowest BCUT2D eigenvalue weighted by Gasteiger charge is -2.39. The minimum Gasteiger partial charge on any atom is -0.508 e. The molecular weight excluding hydrogens is 388 g/mol. The number of imide groups is 1. The Balaban J connectivity index is 2.04. The fraction of sp³-hybridized carbons (Fsp3) is 0.273. The average Bonchev–Trinajstić information content (AvgIpc) is 2.70. The van der Waals surface area contributed by atoms with Gasteiger partial charge in [0.05, 0.1) is 6.04 Å². The molecule has 0 spiro atoms. The Bertz CT molecular complexity index is 1000. The van der Waals surface area contributed by atoms with E-state index in [0.29, 0.717) is 24.0 Å². The molecule has 3 amide bonds. The van der Waals surface area contributed by atoms with Crippen molar-refractivity contribution in [1.29, 1.82) is 0 Å². The Kier molecular flexibility index (Phi) is 6.15. The Morgan fingerprint density at radius 3 is 2.37 bits per heavy atom. The van der Waals surface area contributed by atoms with E-state index in [4.69, 9.17) is 5.73 Å². The maximum atomic E-state index is 13.2. The van der Waals surface area contributed by atoms with Gasteiger partial charge in [0.2, 0.25) is 11.8 Å². The van der Waals surface area contributed by atoms with Crippen LogP contribution in [0.15, 0.2) is 48.5 Å². The van der Waals surface area contributed by atoms with E-state index in [2.05, 4.69) is 0 Å². The number of carbonyl (C=O) groups excluding carboxylic acids is 3. The molecule has 30 heavy (non-hydrogen) atoms. The number of carboxylic acid groups (broad SMARTS) is 1. The lowest BCUT2D eigenvalue weighted by molar-refractivity contribution is -0.142. The highest BCUT2D eigenvalue weighted by atomic mass is 16.4. The molecule has 4 N–H and O–H groups in total. The van der Waals surface area contributed by atoms with Gasteiger partial charge < -0.3 is 15.9 Å². The molecule has 3 rings (SSSR count). The van der Waals surface area contributed by atoms with Crippen molar-refractivity contribution in [2.24, 2.45) is 5.73 Å². The molecule has 1 aliphatic rings. The van der Waals surface area contributed by atoms with Gasteiger partial charge in [-0.1, -0.05) is 30.3 Å². The first-order chi connectivity index (χ1) is 14.3. The summed E-state index contributed by atoms with van der Waals surface area (Å²) in [6, 6.07) is 11.1. The molecule has 156 valence electrons. The van der Waals surface area contributed by atoms with Crippen LogP contribution in [0.5, 0.6) is 5.75 Å². The number of benzene rings is 2. The van der Waals surface area contributed by atoms with E-state index >= 15 is 0 Å². The third-order valence-electron chi connectivity index (χ3n) is 5.15. The number of aromatic hydroxyl groups is 1. The number of hydrogen-bond acceptors (Lipinski definition) is 5. The van der Waals surface area contributed by atoms with E-state index in [1.807, 2.05) is 0 Å². The summed E-state index contributed by atoms with van der Waals surface area (Å²) in [6.45, 7) is 0. The number of fused-ring (bicyclic) bond motifs is 1. The maximum Gasteiger partial charge on any atom is 0.313 e. The molecule has 0 saturated carbocycles. The molecule has 2 aromatic rings. The Morgan fingerprint density at radius 1 is 1.00 bits per heavy atom. The normalized spacial score (nSPS) is 18.0. The molecule has 0 fully saturated rings. The van der Waals surface area contributed by atoms with Gasteiger partial charge in [-0.05, 0) is 42.2 Å². The number of carboxylic acids is 1. The van der Waals surface area contributed by atoms with Crippen molar-refractivity contribution in [2.75, 3.05) is 0 Å². The highest BCUT2D eigenvalue weighted by Gasteiger charge is 2.46. The zero-order chi connectivity index (χ0) is 21.8. The predicted molar refractivity (Wildman–Crippen MR) is 107 cm³/mol. The van der Waals surface area contributed by atoms with E-state index in [-0.39, 0.29) is 24.2 Å². The summed E-state index contributed by atoms with van der Waals surface area (Å²) in [5.74, 6) is -4.08. The molecule has 8 nitrogen and oxygen atoms in total. The van der Waals surface area contributed by atoms with Crippen molar-refractivity contribution in [3.8, 4) is 5.75 Å². The summed E-state index contributed by atoms with van der Waals surface area (Å²) in [7, 11) is 0. The fourth-order valence-electron chi connectivity index (χ4n) is 3.82. The summed E-state index contributed by atoms with van der Waals surface area (Å²) < 4.78 is 0. The molecule has 8 heteroatoms. The number of nitrogens with zero attached hydrogens (tertiary/aromatic N) is 1. The van der Waals surface area contributed by atoms with Crippen LogP contribution in [0.1, 0.15) is 59.1 Å². The van der Waals surface area contributed by atoms with Crippen molar-refractivity contribution < 1.29 is 29.4 Å². The van der Waals surface area contributed by atoms with Gasteiger partial charge in [-0.2, -0.15) is 0 Å². The van der Waals surface area contributed by atoms with Crippen molar-refractivity contribution in [2.45, 2.75) is 37.6 Å². The van der Waals surface area contributed by atoms with Gasteiger partial charge in [-0.15, -0.1) is 0 Å². The van der Waals surface area contributed by atoms with Crippen LogP contribution >= 0.6 is 0 Å². The molecule has 0 bridgehead atoms. The van der Waals surface area contributed by atoms with E-state index < -0.39 is 35.7 Å². The number of nitrogens with two attached hydrogens (primary N) is 1. The molecule has 2 aromatic carbocycles. The van der Waals surface area contributed by atoms with Gasteiger partial charge in [-0.3, -0.25) is 24.1 Å². The first kappa shape index (κ1) is 21.0. The first-order valence-electron chi connectivity index (χ1n) is 9.56. The van der Waals surface area contributed by atoms with Crippen LogP contribution in [-0.4, -0.2) is 38.8 Å². The van der Waals surface area contributed by atoms with Crippen molar-refractivity contribution >= 4 is 23.7 Å². The Hall–Kier alpha value is -3.68. The number of unbranched alkanes of at least 4 members (excludes halogenated alkanes) is 1. The summed E-state index contributed by atoms with van der Waals surface area (Å²) in [5, 5.41) is 19.9. The molecule has 2 atom stereocenters. The minimum absolute atomic E-state index is 0.0388. The van der Waals surface area contributed by atoms with Gasteiger partial charge in [-0.25, -0.2) is 0 Å². The predicted octanol–water partition coefficient (Wildman–Crippen LogP) is 2.33. The number of amides is 3. The van der Waals surface area contributed by atoms with Gasteiger partial charge in [0.1, 0.15) is 11.7 Å². The zero-order valence-electron chi connectivity index (χ0n) is 16.2. The maximum absolute atomic E-state index is 13.2. The lowest BCUT2D eigenvalue weighted by atomic mass is 9.79. The van der Waals surface area contributed by atoms with E-state index in [0.717, 1.165) is 4.90 Å². The van der Waals surface area contributed by atoms with Crippen LogP contribution in [0, 0.1) is 0 Å². The van der Waals surface area contributed by atoms with Crippen LogP contribution in [-0.2, 0) is 14.4 Å². The van der Waals surface area contributed by atoms with Gasteiger partial charge >= 0.3 is 5.97 Å². The van der Waals surface area contributed by atoms with Crippen LogP contribution in [0.4, 0.5) is 0 Å². The molecule has 0 radical (unpaired) electrons. The summed E-state index contributed by atoms with van der Waals surface area (Å²) in [6.07, 6.45) is 0.803. The molecule has 1 aliphatic heterocycles. The van der Waals surface area contributed by atoms with Gasteiger partial charge in [0, 0.05) is 18.4 Å². The molecule has 0 aromatic heterocycles. The monoisotopic (exact) mass is 410 g/mol. The molecule has 0 saturated heterocycles. The van der Waals surface area contributed by atoms with Gasteiger partial charge in [0.25, 0.3) is 5.91 Å². The number of primary amides is 1. The van der Waals surface area contributed by atoms with Crippen LogP contribution in [0.3, 0.4) is 0 Å². The van der Waals surface area contributed by atoms with E-state index in [1.165, 1.54) is 24.3 Å². The number of phenolic OH excluding ortho intramolecular Hbond substituents is 1. The molecule has 1 heterocycles. The Morgan fingerprint density at radius 2 is 1.70 bits per heavy atom. The van der Waals surface area contributed by atoms with Crippen LogP contribution < -0.4 is 5.73 Å². The largest absolute Gasteiger partial charge is 0.508 e. The fourth-order valence-corrected chi connectivity index (χ4v) is 3.82. The number of phenols is 1. The SMILES string of the molecule is NC(=O)CCCCC(=O)N1C(=O)c2ccccc2[C@H](C(=O)O)[C@H]1c1cccc(O)c1. The number of aliphatic carboxylic acids is 1. The molecular formula is C22H22N2O6. The van der Waals surface area contributed by atoms with Crippen molar-refractivity contribution in [3.63, 3.8) is 0 Å². The zero-order valence-corrected chi connectivity index (χ0v) is 16.2. The number of rotatable bonds is 7. The second-order valence-corrected chi connectivity index (χ2v) is 7.19. The van der Waals surface area contributed by atoms with E-state index in [1.54, 1.807) is 24.3 Å². The van der Waals surface area contributed by atoms with Crippen molar-refractivity contribution in [1.82, 2.24) is 4.90 Å². The number of hydrogen-bond donors (Lipinski definition) is 3. The first-order valence-corrected chi connectivity index (χ1v) is 9.56. The molecule has 0 unspecified atom stereocenters. The van der Waals surface area contributed by atoms with Gasteiger partial charge in [0.15, 0.2) is 0 Å². The lowest BCUT2D eigenvalue weighted by Crippen LogP contribution is -2.48. The molecule has 0 aliphatic carbocycles. The second kappa shape index (κ2) is 8.77. The van der Waals surface area contributed by atoms with Crippen LogP contribution in [0.2, 0.25) is 0 Å². The quantitative estimate of drug-likeness (QED) is 0.599. The second-order valence-electron chi connectivity index (χ2n) is 7.19. The standard InChI is InChI=1S/C22H22N2O6/c23-17(26)10-3-4-11-18(27)24-20(13-6-5-7-14(25)12-13)19(22(29)30)15-8-1-2-9-16(15)21(24)28/h1-2,5-9,12,19-20,25H,3-4,10-11H2,(H2,23,26)(H,29,30)/t19-,20+/m0/s1. The third kappa shape index (κ3) is 4.17. The highest BCUT2D eigenvalue weighted by Crippen LogP contribution is 2.43. The topological polar surface area (TPSA) is 138 Å². The summed E-state index contributed by atoms with van der Waals surface area (Å²) in [4.78, 5) is 50.4. The highest BCUT2D eigenvalue weighted by molar-refractivity contribution is 6.08. The minimum atomic E-state index is -1.19. The van der Waals surface area contributed by atoms with E-state index in [9.17, 15) is 29.4 Å². The van der Waals surface area contributed by atoms with Crippen molar-refractivity contribution in [3.05, 3.63) is 65.2 Å². The number of carbonyl (C=O) groups is 4. The van der Waals surface area contributed by atoms with Crippen LogP contribution in [0.25, 0.3) is 0 Å². The average molecular weight is 410 g/mol. The smallest absolute Gasteiger partial charge is 0.313 e. The third-order valence-corrected chi connectivity index (χ3v) is 5.15.